The monoisotopic (exact) mass is 249 g/mol. The van der Waals surface area contributed by atoms with Crippen LogP contribution in [0.15, 0.2) is 0 Å². The quantitative estimate of drug-likeness (QED) is 0.856. The summed E-state index contributed by atoms with van der Waals surface area (Å²) >= 11 is 0. The second-order valence-electron chi connectivity index (χ2n) is 5.06. The molecule has 0 aromatic carbocycles. The number of aromatic nitrogens is 3. The van der Waals surface area contributed by atoms with Crippen molar-refractivity contribution in [1.29, 1.82) is 0 Å². The zero-order valence-electron chi connectivity index (χ0n) is 11.3. The Labute approximate surface area is 109 Å². The zero-order chi connectivity index (χ0) is 13.0. The summed E-state index contributed by atoms with van der Waals surface area (Å²) in [4.78, 5) is 12.6. The van der Waals surface area contributed by atoms with E-state index in [9.17, 15) is 0 Å². The van der Waals surface area contributed by atoms with Gasteiger partial charge in [-0.15, -0.1) is 0 Å². The largest absolute Gasteiger partial charge is 0.368 e. The molecule has 3 N–H and O–H groups in total. The fourth-order valence-electron chi connectivity index (χ4n) is 2.56. The summed E-state index contributed by atoms with van der Waals surface area (Å²) in [5.41, 5.74) is 5.68. The number of hydrogen-bond acceptors (Lipinski definition) is 5. The molecular weight excluding hydrogens is 226 g/mol. The first kappa shape index (κ1) is 13.1. The van der Waals surface area contributed by atoms with E-state index < -0.39 is 0 Å². The van der Waals surface area contributed by atoms with Crippen LogP contribution in [0, 0.1) is 5.92 Å². The minimum atomic E-state index is 0.312. The number of nitrogens with zero attached hydrogens (tertiary/aromatic N) is 3. The molecule has 2 rings (SSSR count). The summed E-state index contributed by atoms with van der Waals surface area (Å²) in [7, 11) is 0. The molecule has 0 spiro atoms. The molecule has 0 saturated heterocycles. The molecule has 1 aromatic rings. The van der Waals surface area contributed by atoms with Gasteiger partial charge in [-0.25, -0.2) is 0 Å². The summed E-state index contributed by atoms with van der Waals surface area (Å²) in [6.07, 6.45) is 7.08. The summed E-state index contributed by atoms with van der Waals surface area (Å²) in [6, 6.07) is 0.485. The smallest absolute Gasteiger partial charge is 0.227 e. The number of nitrogens with one attached hydrogen (secondary N) is 1. The highest BCUT2D eigenvalue weighted by atomic mass is 15.2. The van der Waals surface area contributed by atoms with Gasteiger partial charge in [-0.2, -0.15) is 15.0 Å². The third-order valence-electron chi connectivity index (χ3n) is 3.77. The van der Waals surface area contributed by atoms with Crippen molar-refractivity contribution in [2.24, 2.45) is 5.92 Å². The Bertz CT molecular complexity index is 385. The molecule has 0 amide bonds. The van der Waals surface area contributed by atoms with E-state index in [2.05, 4.69) is 27.2 Å². The van der Waals surface area contributed by atoms with E-state index >= 15 is 0 Å². The van der Waals surface area contributed by atoms with Gasteiger partial charge in [0.05, 0.1) is 0 Å². The van der Waals surface area contributed by atoms with Crippen LogP contribution in [0.25, 0.3) is 0 Å². The van der Waals surface area contributed by atoms with E-state index in [0.717, 1.165) is 18.2 Å². The van der Waals surface area contributed by atoms with E-state index in [1.807, 2.05) is 6.92 Å². The van der Waals surface area contributed by atoms with Crippen molar-refractivity contribution in [3.8, 4) is 0 Å². The van der Waals surface area contributed by atoms with E-state index in [0.29, 0.717) is 17.9 Å². The molecule has 0 atom stereocenters. The summed E-state index contributed by atoms with van der Waals surface area (Å²) in [6.45, 7) is 4.30. The van der Waals surface area contributed by atoms with E-state index in [-0.39, 0.29) is 0 Å². The van der Waals surface area contributed by atoms with Gasteiger partial charge in [0.1, 0.15) is 5.82 Å². The van der Waals surface area contributed by atoms with E-state index in [4.69, 9.17) is 5.73 Å². The van der Waals surface area contributed by atoms with Crippen LogP contribution in [0.3, 0.4) is 0 Å². The average molecular weight is 249 g/mol. The van der Waals surface area contributed by atoms with Crippen LogP contribution in [0.5, 0.6) is 0 Å². The Morgan fingerprint density at radius 3 is 2.44 bits per heavy atom. The third kappa shape index (κ3) is 3.31. The van der Waals surface area contributed by atoms with E-state index in [1.165, 1.54) is 32.1 Å². The van der Waals surface area contributed by atoms with Crippen LogP contribution in [0.1, 0.15) is 51.8 Å². The molecule has 1 aromatic heterocycles. The predicted molar refractivity (Wildman–Crippen MR) is 73.3 cm³/mol. The van der Waals surface area contributed by atoms with Crippen LogP contribution in [0.4, 0.5) is 11.9 Å². The molecule has 0 bridgehead atoms. The van der Waals surface area contributed by atoms with Crippen LogP contribution in [0.2, 0.25) is 0 Å². The van der Waals surface area contributed by atoms with Gasteiger partial charge in [0.2, 0.25) is 11.9 Å². The second-order valence-corrected chi connectivity index (χ2v) is 5.06. The van der Waals surface area contributed by atoms with E-state index in [1.54, 1.807) is 0 Å². The van der Waals surface area contributed by atoms with Crippen molar-refractivity contribution in [1.82, 2.24) is 15.0 Å². The molecule has 0 radical (unpaired) electrons. The molecule has 1 fully saturated rings. The van der Waals surface area contributed by atoms with Gasteiger partial charge in [0.15, 0.2) is 0 Å². The Balaban J connectivity index is 1.95. The molecule has 1 heterocycles. The standard InChI is InChI=1S/C13H23N5/c1-3-9-5-7-10(8-6-9)15-13-17-11(4-2)16-12(14)18-13/h9-10H,3-8H2,1-2H3,(H3,14,15,16,17,18). The summed E-state index contributed by atoms with van der Waals surface area (Å²) < 4.78 is 0. The molecule has 5 nitrogen and oxygen atoms in total. The maximum atomic E-state index is 5.68. The Morgan fingerprint density at radius 2 is 1.83 bits per heavy atom. The highest BCUT2D eigenvalue weighted by Crippen LogP contribution is 2.27. The maximum Gasteiger partial charge on any atom is 0.227 e. The first-order valence-corrected chi connectivity index (χ1v) is 6.98. The Morgan fingerprint density at radius 1 is 1.11 bits per heavy atom. The zero-order valence-corrected chi connectivity index (χ0v) is 11.3. The van der Waals surface area contributed by atoms with Crippen molar-refractivity contribution < 1.29 is 0 Å². The van der Waals surface area contributed by atoms with Crippen molar-refractivity contribution in [3.05, 3.63) is 5.82 Å². The molecular formula is C13H23N5. The molecule has 5 heteroatoms. The Hall–Kier alpha value is -1.39. The average Bonchev–Trinajstić information content (AvgIpc) is 2.39. The number of anilines is 2. The summed E-state index contributed by atoms with van der Waals surface area (Å²) in [5.74, 6) is 2.61. The van der Waals surface area contributed by atoms with Gasteiger partial charge in [-0.3, -0.25) is 0 Å². The van der Waals surface area contributed by atoms with Gasteiger partial charge in [0.25, 0.3) is 0 Å². The van der Waals surface area contributed by atoms with Crippen molar-refractivity contribution in [2.75, 3.05) is 11.1 Å². The van der Waals surface area contributed by atoms with Crippen LogP contribution in [-0.4, -0.2) is 21.0 Å². The fourth-order valence-corrected chi connectivity index (χ4v) is 2.56. The third-order valence-corrected chi connectivity index (χ3v) is 3.77. The highest BCUT2D eigenvalue weighted by molar-refractivity contribution is 5.32. The van der Waals surface area contributed by atoms with Crippen molar-refractivity contribution in [2.45, 2.75) is 58.4 Å². The number of nitrogens with two attached hydrogens (primary N) is 1. The molecule has 0 aliphatic heterocycles. The molecule has 1 saturated carbocycles. The minimum Gasteiger partial charge on any atom is -0.368 e. The predicted octanol–water partition coefficient (Wildman–Crippen LogP) is 2.40. The summed E-state index contributed by atoms with van der Waals surface area (Å²) in [5, 5.41) is 3.40. The first-order chi connectivity index (χ1) is 8.71. The highest BCUT2D eigenvalue weighted by Gasteiger charge is 2.20. The lowest BCUT2D eigenvalue weighted by Gasteiger charge is -2.28. The topological polar surface area (TPSA) is 76.7 Å². The molecule has 18 heavy (non-hydrogen) atoms. The van der Waals surface area contributed by atoms with Gasteiger partial charge < -0.3 is 11.1 Å². The van der Waals surface area contributed by atoms with Crippen LogP contribution < -0.4 is 11.1 Å². The van der Waals surface area contributed by atoms with Gasteiger partial charge in [-0.05, 0) is 31.6 Å². The molecule has 1 aliphatic carbocycles. The number of aryl methyl sites for hydroxylation is 1. The molecule has 0 unspecified atom stereocenters. The van der Waals surface area contributed by atoms with Crippen LogP contribution >= 0.6 is 0 Å². The van der Waals surface area contributed by atoms with Crippen molar-refractivity contribution in [3.63, 3.8) is 0 Å². The lowest BCUT2D eigenvalue weighted by molar-refractivity contribution is 0.329. The molecule has 100 valence electrons. The SMILES string of the molecule is CCc1nc(N)nc(NC2CCC(CC)CC2)n1. The Kier molecular flexibility index (Phi) is 4.33. The lowest BCUT2D eigenvalue weighted by Crippen LogP contribution is -2.27. The fraction of sp³-hybridized carbons (Fsp3) is 0.769. The maximum absolute atomic E-state index is 5.68. The normalized spacial score (nSPS) is 23.9. The van der Waals surface area contributed by atoms with Gasteiger partial charge >= 0.3 is 0 Å². The lowest BCUT2D eigenvalue weighted by atomic mass is 9.85. The number of nitrogen functional groups attached to an aromatic ring is 1. The minimum absolute atomic E-state index is 0.312. The van der Waals surface area contributed by atoms with Gasteiger partial charge in [0, 0.05) is 12.5 Å². The van der Waals surface area contributed by atoms with Gasteiger partial charge in [-0.1, -0.05) is 20.3 Å². The first-order valence-electron chi connectivity index (χ1n) is 6.98. The second kappa shape index (κ2) is 5.98. The number of hydrogen-bond donors (Lipinski definition) is 2. The number of rotatable bonds is 4. The van der Waals surface area contributed by atoms with Crippen molar-refractivity contribution >= 4 is 11.9 Å². The molecule has 1 aliphatic rings. The van der Waals surface area contributed by atoms with Crippen LogP contribution in [-0.2, 0) is 6.42 Å².